The highest BCUT2D eigenvalue weighted by molar-refractivity contribution is 6.36. The molecule has 98 valence electrons. The highest BCUT2D eigenvalue weighted by Gasteiger charge is 2.19. The molecule has 0 radical (unpaired) electrons. The lowest BCUT2D eigenvalue weighted by molar-refractivity contribution is -0.940. The monoisotopic (exact) mass is 289 g/mol. The molecule has 2 rings (SSSR count). The third kappa shape index (κ3) is 3.85. The summed E-state index contributed by atoms with van der Waals surface area (Å²) in [7, 11) is 0. The van der Waals surface area contributed by atoms with Crippen molar-refractivity contribution >= 4 is 34.8 Å². The van der Waals surface area contributed by atoms with Crippen LogP contribution in [0, 0.1) is 0 Å². The molecule has 1 aromatic carbocycles. The Bertz CT molecular complexity index is 433. The fraction of sp³-hybridized carbons (Fsp3) is 0.417. The Morgan fingerprint density at radius 1 is 1.33 bits per heavy atom. The van der Waals surface area contributed by atoms with E-state index in [-0.39, 0.29) is 5.91 Å². The summed E-state index contributed by atoms with van der Waals surface area (Å²) in [6.07, 6.45) is 0. The second-order valence-corrected chi connectivity index (χ2v) is 5.31. The van der Waals surface area contributed by atoms with Crippen molar-refractivity contribution in [3.05, 3.63) is 28.2 Å². The Kier molecular flexibility index (Phi) is 4.83. The molecule has 1 aromatic rings. The average Bonchev–Trinajstić information content (AvgIpc) is 2.34. The first kappa shape index (κ1) is 13.6. The van der Waals surface area contributed by atoms with Crippen LogP contribution in [0.5, 0.6) is 0 Å². The maximum absolute atomic E-state index is 11.9. The first-order valence-electron chi connectivity index (χ1n) is 6.05. The molecule has 1 saturated heterocycles. The van der Waals surface area contributed by atoms with Crippen LogP contribution in [0.1, 0.15) is 0 Å². The van der Waals surface area contributed by atoms with E-state index in [9.17, 15) is 4.79 Å². The van der Waals surface area contributed by atoms with Gasteiger partial charge in [-0.15, -0.1) is 0 Å². The van der Waals surface area contributed by atoms with Gasteiger partial charge in [-0.05, 0) is 18.2 Å². The molecule has 0 unspecified atom stereocenters. The lowest BCUT2D eigenvalue weighted by atomic mass is 10.3. The smallest absolute Gasteiger partial charge is 0.279 e. The van der Waals surface area contributed by atoms with Crippen molar-refractivity contribution in [1.82, 2.24) is 0 Å². The zero-order valence-electron chi connectivity index (χ0n) is 10.0. The van der Waals surface area contributed by atoms with Crippen LogP contribution in [0.4, 0.5) is 5.69 Å². The molecule has 0 spiro atoms. The molecule has 1 fully saturated rings. The summed E-state index contributed by atoms with van der Waals surface area (Å²) in [6, 6.07) is 5.06. The van der Waals surface area contributed by atoms with Crippen LogP contribution < -0.4 is 15.5 Å². The number of amides is 1. The summed E-state index contributed by atoms with van der Waals surface area (Å²) in [5, 5.41) is 6.13. The number of hydrogen-bond donors (Lipinski definition) is 3. The van der Waals surface area contributed by atoms with Gasteiger partial charge in [0.15, 0.2) is 6.54 Å². The molecule has 1 amide bonds. The summed E-state index contributed by atoms with van der Waals surface area (Å²) >= 11 is 11.8. The molecule has 0 aliphatic carbocycles. The van der Waals surface area contributed by atoms with Crippen molar-refractivity contribution < 1.29 is 15.0 Å². The van der Waals surface area contributed by atoms with E-state index in [4.69, 9.17) is 23.2 Å². The topological polar surface area (TPSA) is 50.2 Å². The number of piperazine rings is 1. The van der Waals surface area contributed by atoms with E-state index in [1.807, 2.05) is 0 Å². The summed E-state index contributed by atoms with van der Waals surface area (Å²) in [4.78, 5) is 13.2. The van der Waals surface area contributed by atoms with Gasteiger partial charge in [-0.1, -0.05) is 23.2 Å². The minimum atomic E-state index is -0.00359. The van der Waals surface area contributed by atoms with Crippen LogP contribution in [-0.2, 0) is 4.79 Å². The molecule has 0 atom stereocenters. The first-order valence-corrected chi connectivity index (χ1v) is 6.81. The van der Waals surface area contributed by atoms with Gasteiger partial charge in [-0.3, -0.25) is 4.79 Å². The van der Waals surface area contributed by atoms with Crippen LogP contribution in [0.3, 0.4) is 0 Å². The lowest BCUT2D eigenvalue weighted by Crippen LogP contribution is -3.21. The Hall–Kier alpha value is -0.810. The maximum Gasteiger partial charge on any atom is 0.279 e. The van der Waals surface area contributed by atoms with Crippen molar-refractivity contribution in [3.63, 3.8) is 0 Å². The molecule has 0 aromatic heterocycles. The first-order chi connectivity index (χ1) is 8.65. The molecule has 18 heavy (non-hydrogen) atoms. The zero-order chi connectivity index (χ0) is 13.0. The second kappa shape index (κ2) is 6.38. The van der Waals surface area contributed by atoms with Gasteiger partial charge in [0.05, 0.1) is 10.7 Å². The van der Waals surface area contributed by atoms with Crippen molar-refractivity contribution in [2.45, 2.75) is 0 Å². The number of halogens is 2. The zero-order valence-corrected chi connectivity index (χ0v) is 11.5. The van der Waals surface area contributed by atoms with E-state index < -0.39 is 0 Å². The highest BCUT2D eigenvalue weighted by Crippen LogP contribution is 2.24. The fourth-order valence-electron chi connectivity index (χ4n) is 2.07. The van der Waals surface area contributed by atoms with Crippen LogP contribution in [-0.4, -0.2) is 38.6 Å². The molecule has 1 aliphatic rings. The number of benzene rings is 1. The number of nitrogens with two attached hydrogens (primary N) is 1. The van der Waals surface area contributed by atoms with Gasteiger partial charge in [-0.25, -0.2) is 0 Å². The van der Waals surface area contributed by atoms with Crippen molar-refractivity contribution in [2.75, 3.05) is 38.0 Å². The molecule has 0 saturated carbocycles. The van der Waals surface area contributed by atoms with E-state index >= 15 is 0 Å². The Morgan fingerprint density at radius 3 is 2.72 bits per heavy atom. The number of carbonyl (C=O) groups excluding carboxylic acids is 1. The van der Waals surface area contributed by atoms with Crippen molar-refractivity contribution in [3.8, 4) is 0 Å². The Morgan fingerprint density at radius 2 is 2.06 bits per heavy atom. The molecule has 1 aliphatic heterocycles. The summed E-state index contributed by atoms with van der Waals surface area (Å²) in [5.41, 5.74) is 0.619. The van der Waals surface area contributed by atoms with Gasteiger partial charge in [0.1, 0.15) is 26.2 Å². The number of quaternary nitrogens is 2. The largest absolute Gasteiger partial charge is 0.337 e. The Balaban J connectivity index is 1.90. The van der Waals surface area contributed by atoms with Gasteiger partial charge in [0.25, 0.3) is 5.91 Å². The second-order valence-electron chi connectivity index (χ2n) is 4.47. The minimum Gasteiger partial charge on any atom is -0.337 e. The lowest BCUT2D eigenvalue weighted by Gasteiger charge is -2.21. The molecule has 6 heteroatoms. The molecule has 4 nitrogen and oxygen atoms in total. The summed E-state index contributed by atoms with van der Waals surface area (Å²) in [5.74, 6) is -0.00359. The minimum absolute atomic E-state index is 0.00359. The summed E-state index contributed by atoms with van der Waals surface area (Å²) in [6.45, 7) is 4.73. The standard InChI is InChI=1S/C12H15Cl2N3O/c13-9-1-2-11(10(14)7-9)16-12(18)8-17-5-3-15-4-6-17/h1-2,7,15H,3-6,8H2,(H,16,18)/p+2. The predicted octanol–water partition coefficient (Wildman–Crippen LogP) is -0.606. The van der Waals surface area contributed by atoms with Crippen LogP contribution in [0.2, 0.25) is 10.0 Å². The third-order valence-electron chi connectivity index (χ3n) is 3.02. The van der Waals surface area contributed by atoms with E-state index in [1.165, 1.54) is 4.90 Å². The van der Waals surface area contributed by atoms with Crippen molar-refractivity contribution in [1.29, 1.82) is 0 Å². The molecule has 4 N–H and O–H groups in total. The van der Waals surface area contributed by atoms with Crippen LogP contribution >= 0.6 is 23.2 Å². The van der Waals surface area contributed by atoms with Crippen LogP contribution in [0.15, 0.2) is 18.2 Å². The molecular formula is C12H17Cl2N3O+2. The van der Waals surface area contributed by atoms with Crippen LogP contribution in [0.25, 0.3) is 0 Å². The molecule has 0 bridgehead atoms. The van der Waals surface area contributed by atoms with E-state index in [1.54, 1.807) is 18.2 Å². The summed E-state index contributed by atoms with van der Waals surface area (Å²) < 4.78 is 0. The highest BCUT2D eigenvalue weighted by atomic mass is 35.5. The molecular weight excluding hydrogens is 273 g/mol. The third-order valence-corrected chi connectivity index (χ3v) is 3.57. The van der Waals surface area contributed by atoms with Gasteiger partial charge < -0.3 is 15.5 Å². The van der Waals surface area contributed by atoms with E-state index in [0.717, 1.165) is 26.2 Å². The number of carbonyl (C=O) groups is 1. The molecule has 1 heterocycles. The van der Waals surface area contributed by atoms with E-state index in [0.29, 0.717) is 22.3 Å². The average molecular weight is 290 g/mol. The normalized spacial score (nSPS) is 16.6. The number of anilines is 1. The number of rotatable bonds is 3. The quantitative estimate of drug-likeness (QED) is 0.684. The number of hydrogen-bond acceptors (Lipinski definition) is 1. The predicted molar refractivity (Wildman–Crippen MR) is 72.3 cm³/mol. The Labute approximate surface area is 116 Å². The maximum atomic E-state index is 11.9. The number of nitrogens with one attached hydrogen (secondary N) is 2. The SMILES string of the molecule is O=C(C[NH+]1CC[NH2+]CC1)Nc1ccc(Cl)cc1Cl. The van der Waals surface area contributed by atoms with Gasteiger partial charge >= 0.3 is 0 Å². The van der Waals surface area contributed by atoms with Gasteiger partial charge in [0, 0.05) is 5.02 Å². The fourth-order valence-corrected chi connectivity index (χ4v) is 2.53. The van der Waals surface area contributed by atoms with Gasteiger partial charge in [0.2, 0.25) is 0 Å². The van der Waals surface area contributed by atoms with Gasteiger partial charge in [-0.2, -0.15) is 0 Å². The van der Waals surface area contributed by atoms with E-state index in [2.05, 4.69) is 10.6 Å². The van der Waals surface area contributed by atoms with Crippen molar-refractivity contribution in [2.24, 2.45) is 0 Å².